The van der Waals surface area contributed by atoms with Crippen LogP contribution in [0.2, 0.25) is 0 Å². The predicted octanol–water partition coefficient (Wildman–Crippen LogP) is 7.40. The van der Waals surface area contributed by atoms with Gasteiger partial charge in [-0.1, -0.05) is 49.3 Å². The van der Waals surface area contributed by atoms with Gasteiger partial charge >= 0.3 is 18.0 Å². The molecule has 1 heterocycles. The molecule has 1 aliphatic heterocycles. The Hall–Kier alpha value is -2.56. The van der Waals surface area contributed by atoms with Gasteiger partial charge in [0.25, 0.3) is 0 Å². The maximum absolute atomic E-state index is 14.7. The zero-order chi connectivity index (χ0) is 26.7. The van der Waals surface area contributed by atoms with Crippen LogP contribution in [0, 0.1) is 0 Å². The summed E-state index contributed by atoms with van der Waals surface area (Å²) >= 11 is 0. The number of sulfone groups is 1. The first-order valence-electron chi connectivity index (χ1n) is 11.2. The lowest BCUT2D eigenvalue weighted by Crippen LogP contribution is -2.50. The normalized spacial score (nSPS) is 22.8. The summed E-state index contributed by atoms with van der Waals surface area (Å²) in [6.45, 7) is 5.55. The molecule has 36 heavy (non-hydrogen) atoms. The molecule has 2 aliphatic rings. The highest BCUT2D eigenvalue weighted by Crippen LogP contribution is 2.58. The van der Waals surface area contributed by atoms with Crippen LogP contribution in [0.15, 0.2) is 53.9 Å². The first-order valence-corrected chi connectivity index (χ1v) is 12.7. The van der Waals surface area contributed by atoms with Gasteiger partial charge in [0.2, 0.25) is 0 Å². The fourth-order valence-corrected chi connectivity index (χ4v) is 7.45. The zero-order valence-electron chi connectivity index (χ0n) is 19.1. The van der Waals surface area contributed by atoms with Crippen LogP contribution in [0.4, 0.5) is 30.7 Å². The summed E-state index contributed by atoms with van der Waals surface area (Å²) < 4.78 is 127. The topological polar surface area (TPSA) is 43.4 Å². The molecular weight excluding hydrogens is 513 g/mol. The van der Waals surface area contributed by atoms with Crippen LogP contribution in [0.3, 0.4) is 0 Å². The van der Waals surface area contributed by atoms with Gasteiger partial charge in [0, 0.05) is 11.1 Å². The first kappa shape index (κ1) is 26.5. The molecule has 1 aliphatic carbocycles. The maximum atomic E-state index is 14.7. The second-order valence-corrected chi connectivity index (χ2v) is 11.5. The smallest absolute Gasteiger partial charge is 0.435 e. The summed E-state index contributed by atoms with van der Waals surface area (Å²) in [5.41, 5.74) is -6.01. The van der Waals surface area contributed by atoms with Crippen molar-refractivity contribution in [3.63, 3.8) is 0 Å². The number of halogens is 7. The van der Waals surface area contributed by atoms with Crippen molar-refractivity contribution in [2.75, 3.05) is 0 Å². The molecular formula is C25H23F7O3S. The minimum Gasteiger partial charge on any atom is -0.488 e. The third-order valence-corrected chi connectivity index (χ3v) is 9.60. The summed E-state index contributed by atoms with van der Waals surface area (Å²) in [5.74, 6) is -0.489. The van der Waals surface area contributed by atoms with Crippen LogP contribution in [0.1, 0.15) is 55.7 Å². The van der Waals surface area contributed by atoms with Crippen LogP contribution in [-0.4, -0.2) is 26.9 Å². The van der Waals surface area contributed by atoms with Gasteiger partial charge in [-0.3, -0.25) is 0 Å². The standard InChI is InChI=1S/C25H23F7O3S/c1-15(2)16-7-10-18(11-8-16)36(33,34)22-13-5-3-4-6-21(22)35-20-14-17(9-12-19(20)22)23(26,24(27,28)29)25(30,31)32/h7-12,14,21H,1,3-6,13H2,2H3. The fraction of sp³-hybridized carbons (Fsp3) is 0.440. The van der Waals surface area contributed by atoms with Gasteiger partial charge in [-0.25, -0.2) is 12.8 Å². The lowest BCUT2D eigenvalue weighted by molar-refractivity contribution is -0.348. The SMILES string of the molecule is C=C(C)c1ccc(S(=O)(=O)C23CCCCCC2Oc2cc(C(F)(C(F)(F)F)C(F)(F)F)ccc23)cc1. The predicted molar refractivity (Wildman–Crippen MR) is 119 cm³/mol. The first-order chi connectivity index (χ1) is 16.6. The number of alkyl halides is 7. The molecule has 0 saturated heterocycles. The molecule has 196 valence electrons. The van der Waals surface area contributed by atoms with E-state index in [1.807, 2.05) is 0 Å². The third kappa shape index (κ3) is 3.72. The average Bonchev–Trinajstić information content (AvgIpc) is 2.95. The second-order valence-electron chi connectivity index (χ2n) is 9.27. The van der Waals surface area contributed by atoms with Crippen molar-refractivity contribution in [1.82, 2.24) is 0 Å². The summed E-state index contributed by atoms with van der Waals surface area (Å²) in [4.78, 5) is -0.0645. The van der Waals surface area contributed by atoms with E-state index >= 15 is 0 Å². The van der Waals surface area contributed by atoms with E-state index in [1.54, 1.807) is 19.1 Å². The van der Waals surface area contributed by atoms with E-state index in [2.05, 4.69) is 6.58 Å². The number of allylic oxidation sites excluding steroid dienone is 1. The van der Waals surface area contributed by atoms with Crippen molar-refractivity contribution in [2.45, 2.75) is 72.8 Å². The number of hydrogen-bond donors (Lipinski definition) is 0. The fourth-order valence-electron chi connectivity index (χ4n) is 5.16. The maximum Gasteiger partial charge on any atom is 0.435 e. The van der Waals surface area contributed by atoms with Gasteiger partial charge in [-0.05, 0) is 49.9 Å². The van der Waals surface area contributed by atoms with E-state index in [0.29, 0.717) is 42.5 Å². The molecule has 0 bridgehead atoms. The van der Waals surface area contributed by atoms with Crippen LogP contribution in [0.25, 0.3) is 5.57 Å². The van der Waals surface area contributed by atoms with Crippen LogP contribution < -0.4 is 4.74 Å². The molecule has 2 atom stereocenters. The molecule has 0 N–H and O–H groups in total. The highest BCUT2D eigenvalue weighted by Gasteiger charge is 2.74. The van der Waals surface area contributed by atoms with E-state index < -0.39 is 50.0 Å². The van der Waals surface area contributed by atoms with Gasteiger partial charge in [-0.15, -0.1) is 0 Å². The molecule has 2 aromatic rings. The lowest BCUT2D eigenvalue weighted by atomic mass is 9.87. The third-order valence-electron chi connectivity index (χ3n) is 7.06. The van der Waals surface area contributed by atoms with Crippen molar-refractivity contribution >= 4 is 15.4 Å². The Kier molecular flexibility index (Phi) is 6.25. The van der Waals surface area contributed by atoms with Crippen molar-refractivity contribution < 1.29 is 43.9 Å². The Labute approximate surface area is 203 Å². The van der Waals surface area contributed by atoms with Gasteiger partial charge < -0.3 is 4.74 Å². The van der Waals surface area contributed by atoms with E-state index in [1.165, 1.54) is 12.1 Å². The molecule has 0 aromatic heterocycles. The molecule has 1 fully saturated rings. The van der Waals surface area contributed by atoms with E-state index in [4.69, 9.17) is 4.74 Å². The minimum absolute atomic E-state index is 0.0495. The molecule has 1 saturated carbocycles. The number of rotatable bonds is 4. The Bertz CT molecular complexity index is 1270. The van der Waals surface area contributed by atoms with E-state index in [9.17, 15) is 39.2 Å². The Balaban J connectivity index is 1.91. The van der Waals surface area contributed by atoms with Crippen molar-refractivity contribution in [3.05, 3.63) is 65.7 Å². The van der Waals surface area contributed by atoms with Crippen LogP contribution in [-0.2, 0) is 20.3 Å². The van der Waals surface area contributed by atoms with Crippen LogP contribution >= 0.6 is 0 Å². The van der Waals surface area contributed by atoms with E-state index in [-0.39, 0.29) is 23.3 Å². The molecule has 0 amide bonds. The number of benzene rings is 2. The summed E-state index contributed by atoms with van der Waals surface area (Å²) in [6, 6.07) is 7.46. The van der Waals surface area contributed by atoms with Crippen LogP contribution in [0.5, 0.6) is 5.75 Å². The van der Waals surface area contributed by atoms with Gasteiger partial charge in [0.05, 0.1) is 4.90 Å². The summed E-state index contributed by atoms with van der Waals surface area (Å²) in [6.07, 6.45) is -11.7. The number of hydrogen-bond acceptors (Lipinski definition) is 3. The Morgan fingerprint density at radius 1 is 0.944 bits per heavy atom. The molecule has 2 unspecified atom stereocenters. The average molecular weight is 537 g/mol. The molecule has 4 rings (SSSR count). The van der Waals surface area contributed by atoms with Gasteiger partial charge in [-0.2, -0.15) is 26.3 Å². The zero-order valence-corrected chi connectivity index (χ0v) is 20.0. The molecule has 11 heteroatoms. The summed E-state index contributed by atoms with van der Waals surface area (Å²) in [7, 11) is -4.24. The molecule has 0 radical (unpaired) electrons. The van der Waals surface area contributed by atoms with Crippen molar-refractivity contribution in [2.24, 2.45) is 0 Å². The second kappa shape index (κ2) is 8.49. The molecule has 3 nitrogen and oxygen atoms in total. The lowest BCUT2D eigenvalue weighted by Gasteiger charge is -2.33. The van der Waals surface area contributed by atoms with Gasteiger partial charge in [0.15, 0.2) is 9.84 Å². The molecule has 0 spiro atoms. The number of ether oxygens (including phenoxy) is 1. The Morgan fingerprint density at radius 2 is 1.56 bits per heavy atom. The highest BCUT2D eigenvalue weighted by molar-refractivity contribution is 7.92. The summed E-state index contributed by atoms with van der Waals surface area (Å²) in [5, 5.41) is 0. The number of fused-ring (bicyclic) bond motifs is 3. The highest BCUT2D eigenvalue weighted by atomic mass is 32.2. The van der Waals surface area contributed by atoms with Crippen molar-refractivity contribution in [3.8, 4) is 5.75 Å². The largest absolute Gasteiger partial charge is 0.488 e. The monoisotopic (exact) mass is 536 g/mol. The minimum atomic E-state index is -6.29. The molecule has 2 aromatic carbocycles. The van der Waals surface area contributed by atoms with Crippen molar-refractivity contribution in [1.29, 1.82) is 0 Å². The Morgan fingerprint density at radius 3 is 2.11 bits per heavy atom. The quantitative estimate of drug-likeness (QED) is 0.383. The van der Waals surface area contributed by atoms with Gasteiger partial charge in [0.1, 0.15) is 16.6 Å². The van der Waals surface area contributed by atoms with E-state index in [0.717, 1.165) is 6.07 Å².